The molecule has 2 aromatic rings. The molecular formula is C25H30BrCl2N3O4S. The summed E-state index contributed by atoms with van der Waals surface area (Å²) in [6.45, 7) is 1.32. The number of hydrogen-bond acceptors (Lipinski definition) is 4. The summed E-state index contributed by atoms with van der Waals surface area (Å²) in [7, 11) is -3.85. The lowest BCUT2D eigenvalue weighted by molar-refractivity contribution is -0.139. The number of sulfonamides is 1. The van der Waals surface area contributed by atoms with Crippen LogP contribution in [-0.2, 0) is 26.2 Å². The standard InChI is InChI=1S/C25H30BrCl2N3O4S/c1-17(25(33)29-20-6-4-3-5-7-20)30(15-18-8-10-19(26)11-9-18)24(32)16-31(36(2,34)35)21-12-13-22(27)23(28)14-21/h8-14,17,20H,3-7,15-16H2,1-2H3,(H,29,33)/t17-/m1/s1. The van der Waals surface area contributed by atoms with Crippen LogP contribution in [0.2, 0.25) is 10.0 Å². The van der Waals surface area contributed by atoms with Gasteiger partial charge in [-0.2, -0.15) is 0 Å². The first kappa shape index (κ1) is 28.8. The first-order chi connectivity index (χ1) is 17.0. The minimum Gasteiger partial charge on any atom is -0.352 e. The first-order valence-electron chi connectivity index (χ1n) is 11.7. The van der Waals surface area contributed by atoms with E-state index in [4.69, 9.17) is 23.2 Å². The maximum Gasteiger partial charge on any atom is 0.244 e. The zero-order valence-electron chi connectivity index (χ0n) is 20.2. The first-order valence-corrected chi connectivity index (χ1v) is 15.1. The number of nitrogens with one attached hydrogen (secondary N) is 1. The summed E-state index contributed by atoms with van der Waals surface area (Å²) in [5, 5.41) is 3.51. The number of rotatable bonds is 9. The van der Waals surface area contributed by atoms with Crippen LogP contribution >= 0.6 is 39.1 Å². The maximum atomic E-state index is 13.6. The fraction of sp³-hybridized carbons (Fsp3) is 0.440. The van der Waals surface area contributed by atoms with E-state index in [-0.39, 0.29) is 34.2 Å². The second-order valence-electron chi connectivity index (χ2n) is 9.04. The molecule has 0 radical (unpaired) electrons. The molecule has 0 unspecified atom stereocenters. The Morgan fingerprint density at radius 3 is 2.28 bits per heavy atom. The van der Waals surface area contributed by atoms with E-state index in [9.17, 15) is 18.0 Å². The Labute approximate surface area is 231 Å². The molecule has 0 spiro atoms. The molecule has 1 aliphatic rings. The number of benzene rings is 2. The van der Waals surface area contributed by atoms with Crippen LogP contribution in [-0.4, -0.2) is 50.0 Å². The van der Waals surface area contributed by atoms with E-state index < -0.39 is 28.5 Å². The highest BCUT2D eigenvalue weighted by atomic mass is 79.9. The van der Waals surface area contributed by atoms with E-state index in [1.54, 1.807) is 6.92 Å². The van der Waals surface area contributed by atoms with Gasteiger partial charge in [0.1, 0.15) is 12.6 Å². The van der Waals surface area contributed by atoms with Crippen LogP contribution in [0, 0.1) is 0 Å². The summed E-state index contributed by atoms with van der Waals surface area (Å²) < 4.78 is 27.1. The summed E-state index contributed by atoms with van der Waals surface area (Å²) in [6, 6.07) is 11.0. The van der Waals surface area contributed by atoms with Gasteiger partial charge in [-0.1, -0.05) is 70.5 Å². The molecule has 1 aliphatic carbocycles. The molecule has 11 heteroatoms. The van der Waals surface area contributed by atoms with Crippen LogP contribution < -0.4 is 9.62 Å². The molecule has 7 nitrogen and oxygen atoms in total. The predicted molar refractivity (Wildman–Crippen MR) is 148 cm³/mol. The van der Waals surface area contributed by atoms with E-state index in [1.165, 1.54) is 23.1 Å². The van der Waals surface area contributed by atoms with Gasteiger partial charge in [0.05, 0.1) is 22.0 Å². The van der Waals surface area contributed by atoms with Gasteiger partial charge in [0.15, 0.2) is 0 Å². The van der Waals surface area contributed by atoms with Crippen LogP contribution in [0.15, 0.2) is 46.9 Å². The molecule has 0 bridgehead atoms. The van der Waals surface area contributed by atoms with Crippen LogP contribution in [0.3, 0.4) is 0 Å². The molecule has 1 atom stereocenters. The van der Waals surface area contributed by atoms with Gasteiger partial charge < -0.3 is 10.2 Å². The molecule has 2 aromatic carbocycles. The largest absolute Gasteiger partial charge is 0.352 e. The maximum absolute atomic E-state index is 13.6. The monoisotopic (exact) mass is 617 g/mol. The topological polar surface area (TPSA) is 86.8 Å². The third-order valence-corrected chi connectivity index (χ3v) is 8.66. The minimum atomic E-state index is -3.85. The average molecular weight is 619 g/mol. The van der Waals surface area contributed by atoms with Crippen molar-refractivity contribution in [3.05, 3.63) is 62.5 Å². The Balaban J connectivity index is 1.87. The number of nitrogens with zero attached hydrogens (tertiary/aromatic N) is 2. The third-order valence-electron chi connectivity index (χ3n) is 6.26. The predicted octanol–water partition coefficient (Wildman–Crippen LogP) is 5.39. The van der Waals surface area contributed by atoms with Crippen molar-refractivity contribution in [3.8, 4) is 0 Å². The van der Waals surface area contributed by atoms with Gasteiger partial charge in [0, 0.05) is 17.1 Å². The number of hydrogen-bond donors (Lipinski definition) is 1. The van der Waals surface area contributed by atoms with Gasteiger partial charge in [0.25, 0.3) is 0 Å². The van der Waals surface area contributed by atoms with Crippen molar-refractivity contribution in [1.82, 2.24) is 10.2 Å². The smallest absolute Gasteiger partial charge is 0.244 e. The summed E-state index contributed by atoms with van der Waals surface area (Å²) in [4.78, 5) is 28.2. The highest BCUT2D eigenvalue weighted by Crippen LogP contribution is 2.29. The van der Waals surface area contributed by atoms with Gasteiger partial charge in [-0.15, -0.1) is 0 Å². The van der Waals surface area contributed by atoms with Crippen molar-refractivity contribution in [2.75, 3.05) is 17.1 Å². The molecule has 1 saturated carbocycles. The average Bonchev–Trinajstić information content (AvgIpc) is 2.83. The number of carbonyl (C=O) groups is 2. The molecule has 0 saturated heterocycles. The zero-order valence-corrected chi connectivity index (χ0v) is 24.1. The van der Waals surface area contributed by atoms with Crippen LogP contribution in [0.25, 0.3) is 0 Å². The molecule has 1 N–H and O–H groups in total. The van der Waals surface area contributed by atoms with E-state index in [2.05, 4.69) is 21.2 Å². The highest BCUT2D eigenvalue weighted by Gasteiger charge is 2.31. The van der Waals surface area contributed by atoms with Gasteiger partial charge >= 0.3 is 0 Å². The highest BCUT2D eigenvalue weighted by molar-refractivity contribution is 9.10. The van der Waals surface area contributed by atoms with Gasteiger partial charge in [-0.3, -0.25) is 13.9 Å². The van der Waals surface area contributed by atoms with Crippen molar-refractivity contribution in [2.24, 2.45) is 0 Å². The molecule has 2 amide bonds. The van der Waals surface area contributed by atoms with Crippen molar-refractivity contribution in [3.63, 3.8) is 0 Å². The van der Waals surface area contributed by atoms with E-state index in [0.717, 1.165) is 52.7 Å². The Morgan fingerprint density at radius 1 is 1.06 bits per heavy atom. The van der Waals surface area contributed by atoms with Crippen LogP contribution in [0.5, 0.6) is 0 Å². The molecule has 3 rings (SSSR count). The lowest BCUT2D eigenvalue weighted by Crippen LogP contribution is -2.52. The Bertz CT molecular complexity index is 1190. The quantitative estimate of drug-likeness (QED) is 0.408. The van der Waals surface area contributed by atoms with Crippen LogP contribution in [0.4, 0.5) is 5.69 Å². The number of amides is 2. The Hall–Kier alpha value is -1.81. The fourth-order valence-corrected chi connectivity index (χ4v) is 5.59. The van der Waals surface area contributed by atoms with Crippen molar-refractivity contribution in [2.45, 2.75) is 57.7 Å². The molecule has 36 heavy (non-hydrogen) atoms. The molecule has 0 heterocycles. The molecular weight excluding hydrogens is 589 g/mol. The van der Waals surface area contributed by atoms with Gasteiger partial charge in [0.2, 0.25) is 21.8 Å². The fourth-order valence-electron chi connectivity index (χ4n) is 4.19. The summed E-state index contributed by atoms with van der Waals surface area (Å²) in [5.74, 6) is -0.770. The normalized spacial score (nSPS) is 15.2. The second kappa shape index (κ2) is 12.6. The molecule has 0 aromatic heterocycles. The molecule has 1 fully saturated rings. The number of anilines is 1. The van der Waals surface area contributed by atoms with Crippen molar-refractivity contribution < 1.29 is 18.0 Å². The summed E-state index contributed by atoms with van der Waals surface area (Å²) >= 11 is 15.5. The zero-order chi connectivity index (χ0) is 26.5. The summed E-state index contributed by atoms with van der Waals surface area (Å²) in [6.07, 6.45) is 6.13. The minimum absolute atomic E-state index is 0.0852. The number of carbonyl (C=O) groups excluding carboxylic acids is 2. The third kappa shape index (κ3) is 7.84. The SMILES string of the molecule is C[C@H](C(=O)NC1CCCCC1)N(Cc1ccc(Br)cc1)C(=O)CN(c1ccc(Cl)c(Cl)c1)S(C)(=O)=O. The lowest BCUT2D eigenvalue weighted by Gasteiger charge is -2.33. The summed E-state index contributed by atoms with van der Waals surface area (Å²) in [5.41, 5.74) is 1.02. The second-order valence-corrected chi connectivity index (χ2v) is 12.7. The lowest BCUT2D eigenvalue weighted by atomic mass is 9.95. The molecule has 196 valence electrons. The van der Waals surface area contributed by atoms with Crippen molar-refractivity contribution in [1.29, 1.82) is 0 Å². The van der Waals surface area contributed by atoms with Gasteiger partial charge in [-0.05, 0) is 55.7 Å². The van der Waals surface area contributed by atoms with Crippen LogP contribution in [0.1, 0.15) is 44.6 Å². The van der Waals surface area contributed by atoms with E-state index >= 15 is 0 Å². The number of halogens is 3. The van der Waals surface area contributed by atoms with E-state index in [1.807, 2.05) is 24.3 Å². The molecule has 0 aliphatic heterocycles. The van der Waals surface area contributed by atoms with Gasteiger partial charge in [-0.25, -0.2) is 8.42 Å². The Kier molecular flexibility index (Phi) is 10.1. The van der Waals surface area contributed by atoms with E-state index in [0.29, 0.717) is 0 Å². The van der Waals surface area contributed by atoms with Crippen molar-refractivity contribution >= 4 is 66.7 Å². The Morgan fingerprint density at radius 2 is 1.69 bits per heavy atom.